The van der Waals surface area contributed by atoms with Crippen molar-refractivity contribution in [2.45, 2.75) is 51.8 Å². The normalized spacial score (nSPS) is 15.7. The van der Waals surface area contributed by atoms with E-state index in [1.807, 2.05) is 32.0 Å². The molecule has 0 saturated heterocycles. The van der Waals surface area contributed by atoms with Gasteiger partial charge in [-0.15, -0.1) is 0 Å². The van der Waals surface area contributed by atoms with E-state index in [0.717, 1.165) is 29.5 Å². The molecule has 3 aromatic rings. The van der Waals surface area contributed by atoms with Gasteiger partial charge in [-0.1, -0.05) is 23.4 Å². The average molecular weight is 447 g/mol. The second-order valence-corrected chi connectivity index (χ2v) is 8.26. The van der Waals surface area contributed by atoms with Gasteiger partial charge in [-0.05, 0) is 62.9 Å². The van der Waals surface area contributed by atoms with E-state index in [4.69, 9.17) is 20.6 Å². The maximum Gasteiger partial charge on any atom is 0.322 e. The smallest absolute Gasteiger partial charge is 0.322 e. The zero-order chi connectivity index (χ0) is 23.5. The number of benzene rings is 2. The molecule has 8 nitrogen and oxygen atoms in total. The van der Waals surface area contributed by atoms with Gasteiger partial charge in [-0.25, -0.2) is 4.85 Å². The summed E-state index contributed by atoms with van der Waals surface area (Å²) in [5, 5.41) is 7.55. The zero-order valence-corrected chi connectivity index (χ0v) is 19.1. The molecule has 2 aromatic carbocycles. The fourth-order valence-corrected chi connectivity index (χ4v) is 4.13. The summed E-state index contributed by atoms with van der Waals surface area (Å²) < 4.78 is 16.1. The van der Waals surface area contributed by atoms with Crippen LogP contribution in [-0.2, 0) is 16.0 Å². The van der Waals surface area contributed by atoms with Gasteiger partial charge in [0.2, 0.25) is 11.5 Å². The van der Waals surface area contributed by atoms with E-state index in [0.29, 0.717) is 28.7 Å². The van der Waals surface area contributed by atoms with Crippen LogP contribution in [0.25, 0.3) is 27.7 Å². The van der Waals surface area contributed by atoms with Crippen molar-refractivity contribution in [2.75, 3.05) is 7.11 Å². The topological polar surface area (TPSA) is 90.8 Å². The molecule has 0 amide bonds. The standard InChI is InChI=1S/C25H26N4O4/c1-14(2)32-22-12-9-16(13-21(22)26-4)24-28-23(29-33-24)19-8-6-7-18-17(19)10-11-20(18)27-15(3)25(30)31-5/h6-9,12-15,20,27H,10-11H2,1-3,5H3/t15-,20-/m1/s1. The number of nitrogens with zero attached hydrogens (tertiary/aromatic N) is 3. The van der Waals surface area contributed by atoms with Crippen molar-refractivity contribution in [3.63, 3.8) is 0 Å². The number of fused-ring (bicyclic) bond motifs is 1. The molecule has 0 bridgehead atoms. The lowest BCUT2D eigenvalue weighted by Crippen LogP contribution is -2.36. The van der Waals surface area contributed by atoms with Crippen molar-refractivity contribution >= 4 is 11.7 Å². The summed E-state index contributed by atoms with van der Waals surface area (Å²) >= 11 is 0. The summed E-state index contributed by atoms with van der Waals surface area (Å²) in [6.07, 6.45) is 1.68. The summed E-state index contributed by atoms with van der Waals surface area (Å²) in [5.74, 6) is 1.08. The van der Waals surface area contributed by atoms with Crippen molar-refractivity contribution in [1.29, 1.82) is 0 Å². The third-order valence-corrected chi connectivity index (χ3v) is 5.63. The van der Waals surface area contributed by atoms with Gasteiger partial charge in [0.25, 0.3) is 5.89 Å². The first kappa shape index (κ1) is 22.5. The molecule has 0 aliphatic heterocycles. The summed E-state index contributed by atoms with van der Waals surface area (Å²) in [5.41, 5.74) is 4.23. The highest BCUT2D eigenvalue weighted by Gasteiger charge is 2.29. The van der Waals surface area contributed by atoms with E-state index in [1.165, 1.54) is 7.11 Å². The second kappa shape index (κ2) is 9.43. The number of hydrogen-bond donors (Lipinski definition) is 1. The molecule has 0 spiro atoms. The van der Waals surface area contributed by atoms with Crippen LogP contribution < -0.4 is 10.1 Å². The van der Waals surface area contributed by atoms with Gasteiger partial charge in [0.1, 0.15) is 11.8 Å². The summed E-state index contributed by atoms with van der Waals surface area (Å²) in [6, 6.07) is 10.9. The molecule has 1 aliphatic carbocycles. The van der Waals surface area contributed by atoms with Crippen LogP contribution in [0.2, 0.25) is 0 Å². The largest absolute Gasteiger partial charge is 0.502 e. The molecule has 8 heteroatoms. The first-order chi connectivity index (χ1) is 15.9. The highest BCUT2D eigenvalue weighted by Crippen LogP contribution is 2.38. The third-order valence-electron chi connectivity index (χ3n) is 5.63. The molecule has 0 unspecified atom stereocenters. The number of esters is 1. The van der Waals surface area contributed by atoms with Crippen LogP contribution in [0.1, 0.15) is 44.4 Å². The number of carbonyl (C=O) groups is 1. The predicted octanol–water partition coefficient (Wildman–Crippen LogP) is 4.88. The summed E-state index contributed by atoms with van der Waals surface area (Å²) in [7, 11) is 1.39. The zero-order valence-electron chi connectivity index (χ0n) is 19.1. The van der Waals surface area contributed by atoms with Crippen LogP contribution in [0.3, 0.4) is 0 Å². The Morgan fingerprint density at radius 1 is 1.27 bits per heavy atom. The Morgan fingerprint density at radius 3 is 2.82 bits per heavy atom. The van der Waals surface area contributed by atoms with Gasteiger partial charge in [-0.3, -0.25) is 10.1 Å². The number of methoxy groups -OCH3 is 1. The fraction of sp³-hybridized carbons (Fsp3) is 0.360. The SMILES string of the molecule is [C-]#[N+]c1cc(-c2nc(-c3cccc4c3CC[C@H]4N[C@H](C)C(=O)OC)no2)ccc1OC(C)C. The van der Waals surface area contributed by atoms with Crippen molar-refractivity contribution < 1.29 is 18.8 Å². The molecule has 1 heterocycles. The molecule has 33 heavy (non-hydrogen) atoms. The number of nitrogens with one attached hydrogen (secondary N) is 1. The number of hydrogen-bond acceptors (Lipinski definition) is 7. The number of rotatable bonds is 7. The van der Waals surface area contributed by atoms with Crippen LogP contribution in [0.15, 0.2) is 40.9 Å². The maximum atomic E-state index is 11.8. The molecule has 2 atom stereocenters. The molecular formula is C25H26N4O4. The molecule has 0 saturated carbocycles. The Balaban J connectivity index is 1.61. The Morgan fingerprint density at radius 2 is 2.09 bits per heavy atom. The molecule has 1 aliphatic rings. The van der Waals surface area contributed by atoms with Gasteiger partial charge in [0.05, 0.1) is 19.8 Å². The molecule has 0 fully saturated rings. The van der Waals surface area contributed by atoms with E-state index in [2.05, 4.69) is 26.4 Å². The number of ether oxygens (including phenoxy) is 2. The monoisotopic (exact) mass is 446 g/mol. The lowest BCUT2D eigenvalue weighted by molar-refractivity contribution is -0.142. The minimum absolute atomic E-state index is 0.0274. The van der Waals surface area contributed by atoms with E-state index in [-0.39, 0.29) is 18.1 Å². The highest BCUT2D eigenvalue weighted by molar-refractivity contribution is 5.75. The van der Waals surface area contributed by atoms with Gasteiger partial charge in [0, 0.05) is 17.2 Å². The second-order valence-electron chi connectivity index (χ2n) is 8.26. The van der Waals surface area contributed by atoms with Crippen molar-refractivity contribution in [1.82, 2.24) is 15.5 Å². The Bertz CT molecular complexity index is 1210. The van der Waals surface area contributed by atoms with Crippen LogP contribution in [0.4, 0.5) is 5.69 Å². The van der Waals surface area contributed by atoms with Gasteiger partial charge < -0.3 is 14.0 Å². The first-order valence-corrected chi connectivity index (χ1v) is 10.9. The molecule has 1 aromatic heterocycles. The van der Waals surface area contributed by atoms with E-state index >= 15 is 0 Å². The molecular weight excluding hydrogens is 420 g/mol. The summed E-state index contributed by atoms with van der Waals surface area (Å²) in [6.45, 7) is 13.1. The minimum atomic E-state index is -0.398. The van der Waals surface area contributed by atoms with Crippen molar-refractivity contribution in [3.05, 3.63) is 58.9 Å². The van der Waals surface area contributed by atoms with Crippen molar-refractivity contribution in [3.8, 4) is 28.6 Å². The molecule has 0 radical (unpaired) electrons. The molecule has 4 rings (SSSR count). The Labute approximate surface area is 192 Å². The van der Waals surface area contributed by atoms with E-state index < -0.39 is 6.04 Å². The van der Waals surface area contributed by atoms with Crippen LogP contribution in [-0.4, -0.2) is 35.4 Å². The lowest BCUT2D eigenvalue weighted by Gasteiger charge is -2.18. The van der Waals surface area contributed by atoms with Gasteiger partial charge >= 0.3 is 5.97 Å². The van der Waals surface area contributed by atoms with Crippen LogP contribution in [0.5, 0.6) is 5.75 Å². The predicted molar refractivity (Wildman–Crippen MR) is 123 cm³/mol. The van der Waals surface area contributed by atoms with E-state index in [9.17, 15) is 4.79 Å². The summed E-state index contributed by atoms with van der Waals surface area (Å²) in [4.78, 5) is 20.0. The lowest BCUT2D eigenvalue weighted by atomic mass is 10.0. The highest BCUT2D eigenvalue weighted by atomic mass is 16.5. The van der Waals surface area contributed by atoms with E-state index in [1.54, 1.807) is 19.1 Å². The maximum absolute atomic E-state index is 11.8. The molecule has 1 N–H and O–H groups in total. The fourth-order valence-electron chi connectivity index (χ4n) is 4.13. The number of aromatic nitrogens is 2. The van der Waals surface area contributed by atoms with Crippen molar-refractivity contribution in [2.24, 2.45) is 0 Å². The Hall–Kier alpha value is -3.70. The Kier molecular flexibility index (Phi) is 6.43. The number of carbonyl (C=O) groups excluding carboxylic acids is 1. The minimum Gasteiger partial charge on any atom is -0.502 e. The molecule has 170 valence electrons. The van der Waals surface area contributed by atoms with Gasteiger partial charge in [0.15, 0.2) is 0 Å². The first-order valence-electron chi connectivity index (χ1n) is 10.9. The quantitative estimate of drug-likeness (QED) is 0.408. The average Bonchev–Trinajstić information content (AvgIpc) is 3.46. The van der Waals surface area contributed by atoms with Gasteiger partial charge in [-0.2, -0.15) is 4.98 Å². The van der Waals surface area contributed by atoms with Crippen LogP contribution in [0, 0.1) is 6.57 Å². The third kappa shape index (κ3) is 4.59. The van der Waals surface area contributed by atoms with Crippen LogP contribution >= 0.6 is 0 Å².